The molecule has 2 N–H and O–H groups in total. The van der Waals surface area contributed by atoms with E-state index in [4.69, 9.17) is 22.1 Å². The van der Waals surface area contributed by atoms with Crippen LogP contribution in [0, 0.1) is 0 Å². The van der Waals surface area contributed by atoms with Crippen LogP contribution in [0.1, 0.15) is 12.5 Å². The number of benzene rings is 1. The van der Waals surface area contributed by atoms with Crippen LogP contribution in [0.15, 0.2) is 18.2 Å². The van der Waals surface area contributed by atoms with E-state index in [2.05, 4.69) is 0 Å². The number of hydrogen-bond acceptors (Lipinski definition) is 3. The van der Waals surface area contributed by atoms with Gasteiger partial charge in [-0.05, 0) is 30.7 Å². The SMILES string of the molecule is CCOCC(=O)N(C)Cc1cc(N)ccc1Cl. The number of anilines is 1. The number of likely N-dealkylation sites (N-methyl/N-ethyl adjacent to an activating group) is 1. The first-order chi connectivity index (χ1) is 8.04. The first-order valence-corrected chi connectivity index (χ1v) is 5.78. The molecule has 4 nitrogen and oxygen atoms in total. The lowest BCUT2D eigenvalue weighted by Crippen LogP contribution is -2.30. The summed E-state index contributed by atoms with van der Waals surface area (Å²) < 4.78 is 5.06. The summed E-state index contributed by atoms with van der Waals surface area (Å²) in [6.45, 7) is 2.89. The zero-order valence-electron chi connectivity index (χ0n) is 10.1. The molecule has 0 spiro atoms. The second kappa shape index (κ2) is 6.47. The number of carbonyl (C=O) groups is 1. The standard InChI is InChI=1S/C12H17ClN2O2/c1-3-17-8-12(16)15(2)7-9-6-10(14)4-5-11(9)13/h4-6H,3,7-8,14H2,1-2H3. The van der Waals surface area contributed by atoms with Crippen LogP contribution in [0.2, 0.25) is 5.02 Å². The molecule has 94 valence electrons. The molecule has 5 heteroatoms. The highest BCUT2D eigenvalue weighted by atomic mass is 35.5. The molecule has 0 aliphatic rings. The molecule has 1 aromatic carbocycles. The van der Waals surface area contributed by atoms with E-state index in [1.165, 1.54) is 0 Å². The van der Waals surface area contributed by atoms with E-state index < -0.39 is 0 Å². The average molecular weight is 257 g/mol. The van der Waals surface area contributed by atoms with Gasteiger partial charge in [0, 0.05) is 30.9 Å². The Morgan fingerprint density at radius 1 is 1.53 bits per heavy atom. The van der Waals surface area contributed by atoms with E-state index in [1.807, 2.05) is 6.92 Å². The zero-order chi connectivity index (χ0) is 12.8. The molecule has 17 heavy (non-hydrogen) atoms. The van der Waals surface area contributed by atoms with Crippen LogP contribution >= 0.6 is 11.6 Å². The van der Waals surface area contributed by atoms with Crippen molar-refractivity contribution in [3.8, 4) is 0 Å². The van der Waals surface area contributed by atoms with Crippen molar-refractivity contribution in [1.29, 1.82) is 0 Å². The van der Waals surface area contributed by atoms with Crippen LogP contribution in [0.5, 0.6) is 0 Å². The number of carbonyl (C=O) groups excluding carboxylic acids is 1. The number of nitrogens with two attached hydrogens (primary N) is 1. The smallest absolute Gasteiger partial charge is 0.248 e. The summed E-state index contributed by atoms with van der Waals surface area (Å²) in [6, 6.07) is 5.23. The lowest BCUT2D eigenvalue weighted by atomic mass is 10.2. The molecular formula is C12H17ClN2O2. The molecular weight excluding hydrogens is 240 g/mol. The minimum atomic E-state index is -0.0784. The maximum atomic E-state index is 11.6. The molecule has 0 atom stereocenters. The van der Waals surface area contributed by atoms with Gasteiger partial charge in [-0.3, -0.25) is 4.79 Å². The number of rotatable bonds is 5. The minimum absolute atomic E-state index is 0.0784. The van der Waals surface area contributed by atoms with Gasteiger partial charge in [-0.15, -0.1) is 0 Å². The molecule has 0 saturated heterocycles. The van der Waals surface area contributed by atoms with Gasteiger partial charge < -0.3 is 15.4 Å². The highest BCUT2D eigenvalue weighted by Gasteiger charge is 2.11. The fraction of sp³-hybridized carbons (Fsp3) is 0.417. The van der Waals surface area contributed by atoms with Gasteiger partial charge in [0.15, 0.2) is 0 Å². The zero-order valence-corrected chi connectivity index (χ0v) is 10.8. The maximum Gasteiger partial charge on any atom is 0.248 e. The normalized spacial score (nSPS) is 10.3. The Balaban J connectivity index is 2.64. The van der Waals surface area contributed by atoms with E-state index in [1.54, 1.807) is 30.1 Å². The fourth-order valence-electron chi connectivity index (χ4n) is 1.36. The van der Waals surface area contributed by atoms with Crippen LogP contribution in [0.25, 0.3) is 0 Å². The van der Waals surface area contributed by atoms with Crippen molar-refractivity contribution in [1.82, 2.24) is 4.90 Å². The van der Waals surface area contributed by atoms with Crippen molar-refractivity contribution in [2.75, 3.05) is 26.0 Å². The average Bonchev–Trinajstić information content (AvgIpc) is 2.30. The predicted octanol–water partition coefficient (Wildman–Crippen LogP) is 1.92. The van der Waals surface area contributed by atoms with Gasteiger partial charge in [0.25, 0.3) is 0 Å². The molecule has 1 aromatic rings. The highest BCUT2D eigenvalue weighted by molar-refractivity contribution is 6.31. The molecule has 0 fully saturated rings. The van der Waals surface area contributed by atoms with Crippen molar-refractivity contribution in [3.63, 3.8) is 0 Å². The molecule has 1 amide bonds. The molecule has 0 unspecified atom stereocenters. The van der Waals surface area contributed by atoms with Gasteiger partial charge in [0.2, 0.25) is 5.91 Å². The maximum absolute atomic E-state index is 11.6. The Hall–Kier alpha value is -1.26. The second-order valence-electron chi connectivity index (χ2n) is 3.74. The van der Waals surface area contributed by atoms with E-state index in [0.717, 1.165) is 5.56 Å². The third-order valence-electron chi connectivity index (χ3n) is 2.33. The fourth-order valence-corrected chi connectivity index (χ4v) is 1.54. The molecule has 0 saturated carbocycles. The van der Waals surface area contributed by atoms with Gasteiger partial charge in [0.1, 0.15) is 6.61 Å². The van der Waals surface area contributed by atoms with Gasteiger partial charge >= 0.3 is 0 Å². The summed E-state index contributed by atoms with van der Waals surface area (Å²) in [5, 5.41) is 0.607. The van der Waals surface area contributed by atoms with Crippen molar-refractivity contribution in [2.24, 2.45) is 0 Å². The summed E-state index contributed by atoms with van der Waals surface area (Å²) in [5.74, 6) is -0.0784. The molecule has 1 rings (SSSR count). The Bertz CT molecular complexity index is 396. The van der Waals surface area contributed by atoms with E-state index >= 15 is 0 Å². The van der Waals surface area contributed by atoms with Crippen LogP contribution in [-0.4, -0.2) is 31.1 Å². The van der Waals surface area contributed by atoms with Gasteiger partial charge in [0.05, 0.1) is 0 Å². The summed E-state index contributed by atoms with van der Waals surface area (Å²) in [5.41, 5.74) is 7.14. The van der Waals surface area contributed by atoms with E-state index in [9.17, 15) is 4.79 Å². The first kappa shape index (κ1) is 13.8. The van der Waals surface area contributed by atoms with Crippen LogP contribution in [0.3, 0.4) is 0 Å². The molecule has 0 radical (unpaired) electrons. The number of hydrogen-bond donors (Lipinski definition) is 1. The van der Waals surface area contributed by atoms with Crippen molar-refractivity contribution < 1.29 is 9.53 Å². The number of ether oxygens (including phenoxy) is 1. The lowest BCUT2D eigenvalue weighted by molar-refractivity contribution is -0.135. The Morgan fingerprint density at radius 2 is 2.24 bits per heavy atom. The summed E-state index contributed by atoms with van der Waals surface area (Å²) in [7, 11) is 1.71. The summed E-state index contributed by atoms with van der Waals surface area (Å²) in [4.78, 5) is 13.2. The van der Waals surface area contributed by atoms with E-state index in [0.29, 0.717) is 23.9 Å². The van der Waals surface area contributed by atoms with E-state index in [-0.39, 0.29) is 12.5 Å². The molecule has 0 aliphatic carbocycles. The van der Waals surface area contributed by atoms with Crippen molar-refractivity contribution in [3.05, 3.63) is 28.8 Å². The van der Waals surface area contributed by atoms with Gasteiger partial charge in [-0.1, -0.05) is 11.6 Å². The minimum Gasteiger partial charge on any atom is -0.399 e. The highest BCUT2D eigenvalue weighted by Crippen LogP contribution is 2.20. The quantitative estimate of drug-likeness (QED) is 0.819. The second-order valence-corrected chi connectivity index (χ2v) is 4.14. The van der Waals surface area contributed by atoms with Crippen molar-refractivity contribution >= 4 is 23.2 Å². The Morgan fingerprint density at radius 3 is 2.88 bits per heavy atom. The number of nitrogen functional groups attached to an aromatic ring is 1. The molecule has 0 heterocycles. The van der Waals surface area contributed by atoms with Crippen LogP contribution in [0.4, 0.5) is 5.69 Å². The Labute approximate surface area is 106 Å². The lowest BCUT2D eigenvalue weighted by Gasteiger charge is -2.18. The predicted molar refractivity (Wildman–Crippen MR) is 68.8 cm³/mol. The number of amides is 1. The largest absolute Gasteiger partial charge is 0.399 e. The number of nitrogens with zero attached hydrogens (tertiary/aromatic N) is 1. The first-order valence-electron chi connectivity index (χ1n) is 5.40. The monoisotopic (exact) mass is 256 g/mol. The summed E-state index contributed by atoms with van der Waals surface area (Å²) >= 11 is 6.02. The third kappa shape index (κ3) is 4.24. The van der Waals surface area contributed by atoms with Gasteiger partial charge in [-0.2, -0.15) is 0 Å². The topological polar surface area (TPSA) is 55.6 Å². The Kier molecular flexibility index (Phi) is 5.25. The third-order valence-corrected chi connectivity index (χ3v) is 2.70. The van der Waals surface area contributed by atoms with Crippen molar-refractivity contribution in [2.45, 2.75) is 13.5 Å². The van der Waals surface area contributed by atoms with Gasteiger partial charge in [-0.25, -0.2) is 0 Å². The number of halogens is 1. The molecule has 0 aliphatic heterocycles. The molecule has 0 bridgehead atoms. The summed E-state index contributed by atoms with van der Waals surface area (Å²) in [6.07, 6.45) is 0. The van der Waals surface area contributed by atoms with Crippen LogP contribution in [-0.2, 0) is 16.1 Å². The molecule has 0 aromatic heterocycles. The van der Waals surface area contributed by atoms with Crippen LogP contribution < -0.4 is 5.73 Å².